The number of carbonyl (C=O) groups excluding carboxylic acids is 2. The molecule has 31 heavy (non-hydrogen) atoms. The quantitative estimate of drug-likeness (QED) is 0.420. The summed E-state index contributed by atoms with van der Waals surface area (Å²) in [7, 11) is 5.72. The summed E-state index contributed by atoms with van der Waals surface area (Å²) in [5.74, 6) is -0.0315. The molecule has 0 heterocycles. The Labute approximate surface area is 189 Å². The molecule has 0 aromatic heterocycles. The lowest BCUT2D eigenvalue weighted by molar-refractivity contribution is -0.126. The smallest absolute Gasteiger partial charge is 0.258 e. The maximum absolute atomic E-state index is 12.8. The minimum absolute atomic E-state index is 0.149. The Morgan fingerprint density at radius 3 is 2.16 bits per heavy atom. The zero-order chi connectivity index (χ0) is 23.1. The summed E-state index contributed by atoms with van der Waals surface area (Å²) in [5, 5.41) is 10.9. The summed E-state index contributed by atoms with van der Waals surface area (Å²) in [6, 6.07) is 4.59. The SMILES string of the molecule is COc1cc(N=NC(C(C)=O)C(=O)Nc2cc(Cl)cc(OC)c2OC)c(Cl)c(OC)c1. The highest BCUT2D eigenvalue weighted by Crippen LogP contribution is 2.39. The van der Waals surface area contributed by atoms with E-state index in [0.717, 1.165) is 0 Å². The van der Waals surface area contributed by atoms with Crippen LogP contribution in [-0.2, 0) is 9.59 Å². The van der Waals surface area contributed by atoms with Crippen molar-refractivity contribution in [1.29, 1.82) is 0 Å². The highest BCUT2D eigenvalue weighted by atomic mass is 35.5. The largest absolute Gasteiger partial charge is 0.497 e. The number of benzene rings is 2. The lowest BCUT2D eigenvalue weighted by Crippen LogP contribution is -2.32. The van der Waals surface area contributed by atoms with Crippen molar-refractivity contribution < 1.29 is 28.5 Å². The second-order valence-corrected chi connectivity index (χ2v) is 6.88. The van der Waals surface area contributed by atoms with E-state index in [2.05, 4.69) is 15.5 Å². The fourth-order valence-electron chi connectivity index (χ4n) is 2.56. The number of rotatable bonds is 9. The Hall–Kier alpha value is -3.04. The van der Waals surface area contributed by atoms with Crippen LogP contribution < -0.4 is 24.3 Å². The van der Waals surface area contributed by atoms with Gasteiger partial charge in [-0.25, -0.2) is 0 Å². The first-order valence-electron chi connectivity index (χ1n) is 8.80. The summed E-state index contributed by atoms with van der Waals surface area (Å²) < 4.78 is 20.8. The molecule has 1 amide bonds. The third-order valence-corrected chi connectivity index (χ3v) is 4.66. The molecule has 0 radical (unpaired) electrons. The van der Waals surface area contributed by atoms with E-state index in [4.69, 9.17) is 42.1 Å². The molecule has 0 aliphatic carbocycles. The van der Waals surface area contributed by atoms with Crippen molar-refractivity contribution in [3.8, 4) is 23.0 Å². The Bertz CT molecular complexity index is 1010. The molecule has 0 saturated carbocycles. The maximum atomic E-state index is 12.8. The Morgan fingerprint density at radius 1 is 0.935 bits per heavy atom. The molecular weight excluding hydrogens is 449 g/mol. The number of nitrogens with one attached hydrogen (secondary N) is 1. The summed E-state index contributed by atoms with van der Waals surface area (Å²) in [4.78, 5) is 24.9. The highest BCUT2D eigenvalue weighted by Gasteiger charge is 2.25. The number of ether oxygens (including phenoxy) is 4. The van der Waals surface area contributed by atoms with Crippen molar-refractivity contribution in [3.05, 3.63) is 34.3 Å². The molecule has 1 unspecified atom stereocenters. The molecule has 2 rings (SSSR count). The standard InChI is InChI=1S/C20H21Cl2N3O6/c1-10(26)18(25-24-13-8-12(28-2)9-15(29-3)17(13)22)20(27)23-14-6-11(21)7-16(30-4)19(14)31-5/h6-9,18H,1-5H3,(H,23,27). The number of azo groups is 1. The van der Waals surface area contributed by atoms with Gasteiger partial charge in [0.05, 0.1) is 34.1 Å². The molecule has 9 nitrogen and oxygen atoms in total. The van der Waals surface area contributed by atoms with Crippen LogP contribution in [0.15, 0.2) is 34.5 Å². The molecule has 0 aliphatic rings. The second kappa shape index (κ2) is 10.8. The van der Waals surface area contributed by atoms with Crippen molar-refractivity contribution >= 4 is 46.3 Å². The molecule has 2 aromatic carbocycles. The monoisotopic (exact) mass is 469 g/mol. The molecule has 0 aliphatic heterocycles. The third kappa shape index (κ3) is 5.77. The van der Waals surface area contributed by atoms with Crippen LogP contribution in [-0.4, -0.2) is 46.2 Å². The number of ketones is 1. The van der Waals surface area contributed by atoms with Crippen molar-refractivity contribution in [2.75, 3.05) is 33.8 Å². The van der Waals surface area contributed by atoms with E-state index in [1.165, 1.54) is 53.6 Å². The van der Waals surface area contributed by atoms with Gasteiger partial charge in [0.15, 0.2) is 17.3 Å². The van der Waals surface area contributed by atoms with Gasteiger partial charge in [-0.15, -0.1) is 0 Å². The number of hydrogen-bond donors (Lipinski definition) is 1. The number of hydrogen-bond acceptors (Lipinski definition) is 8. The molecule has 1 atom stereocenters. The van der Waals surface area contributed by atoms with E-state index in [1.54, 1.807) is 6.07 Å². The van der Waals surface area contributed by atoms with Crippen LogP contribution in [0.4, 0.5) is 11.4 Å². The van der Waals surface area contributed by atoms with E-state index < -0.39 is 17.7 Å². The fraction of sp³-hybridized carbons (Fsp3) is 0.300. The third-order valence-electron chi connectivity index (χ3n) is 4.07. The lowest BCUT2D eigenvalue weighted by Gasteiger charge is -2.15. The van der Waals surface area contributed by atoms with Crippen LogP contribution in [0.3, 0.4) is 0 Å². The number of methoxy groups -OCH3 is 4. The predicted octanol–water partition coefficient (Wildman–Crippen LogP) is 4.71. The zero-order valence-electron chi connectivity index (χ0n) is 17.5. The van der Waals surface area contributed by atoms with Gasteiger partial charge in [0.2, 0.25) is 6.04 Å². The van der Waals surface area contributed by atoms with Gasteiger partial charge in [0.25, 0.3) is 5.91 Å². The molecule has 2 aromatic rings. The van der Waals surface area contributed by atoms with E-state index in [9.17, 15) is 9.59 Å². The van der Waals surface area contributed by atoms with Gasteiger partial charge in [-0.2, -0.15) is 10.2 Å². The summed E-state index contributed by atoms with van der Waals surface area (Å²) in [6.45, 7) is 1.22. The Kier molecular flexibility index (Phi) is 8.47. The van der Waals surface area contributed by atoms with Crippen molar-refractivity contribution in [1.82, 2.24) is 0 Å². The average molecular weight is 470 g/mol. The second-order valence-electron chi connectivity index (χ2n) is 6.07. The molecule has 0 fully saturated rings. The van der Waals surface area contributed by atoms with E-state index in [0.29, 0.717) is 22.3 Å². The summed E-state index contributed by atoms with van der Waals surface area (Å²) in [6.07, 6.45) is 0. The molecular formula is C20H21Cl2N3O6. The molecule has 1 N–H and O–H groups in total. The Morgan fingerprint density at radius 2 is 1.61 bits per heavy atom. The topological polar surface area (TPSA) is 108 Å². The normalized spacial score (nSPS) is 11.7. The minimum atomic E-state index is -1.46. The van der Waals surface area contributed by atoms with Gasteiger partial charge in [0, 0.05) is 23.2 Å². The molecule has 11 heteroatoms. The maximum Gasteiger partial charge on any atom is 0.258 e. The van der Waals surface area contributed by atoms with Gasteiger partial charge in [-0.1, -0.05) is 23.2 Å². The van der Waals surface area contributed by atoms with Gasteiger partial charge in [-0.3, -0.25) is 9.59 Å². The van der Waals surface area contributed by atoms with Gasteiger partial charge < -0.3 is 24.3 Å². The van der Waals surface area contributed by atoms with Crippen molar-refractivity contribution in [2.24, 2.45) is 10.2 Å². The van der Waals surface area contributed by atoms with Crippen LogP contribution in [0.25, 0.3) is 0 Å². The Balaban J connectivity index is 2.37. The fourth-order valence-corrected chi connectivity index (χ4v) is 2.99. The van der Waals surface area contributed by atoms with Gasteiger partial charge in [0.1, 0.15) is 22.2 Å². The first-order valence-corrected chi connectivity index (χ1v) is 9.56. The molecule has 0 saturated heterocycles. The van der Waals surface area contributed by atoms with Crippen LogP contribution in [0, 0.1) is 0 Å². The van der Waals surface area contributed by atoms with Crippen LogP contribution >= 0.6 is 23.2 Å². The number of Topliss-reactive ketones (excluding diaryl/α,β-unsaturated/α-hetero) is 1. The number of anilines is 1. The molecule has 0 bridgehead atoms. The van der Waals surface area contributed by atoms with Gasteiger partial charge >= 0.3 is 0 Å². The van der Waals surface area contributed by atoms with E-state index >= 15 is 0 Å². The predicted molar refractivity (Wildman–Crippen MR) is 117 cm³/mol. The molecule has 166 valence electrons. The van der Waals surface area contributed by atoms with Crippen molar-refractivity contribution in [2.45, 2.75) is 13.0 Å². The van der Waals surface area contributed by atoms with E-state index in [-0.39, 0.29) is 22.1 Å². The van der Waals surface area contributed by atoms with Gasteiger partial charge in [-0.05, 0) is 13.0 Å². The van der Waals surface area contributed by atoms with Crippen LogP contribution in [0.5, 0.6) is 23.0 Å². The number of carbonyl (C=O) groups is 2. The molecule has 0 spiro atoms. The van der Waals surface area contributed by atoms with Crippen molar-refractivity contribution in [3.63, 3.8) is 0 Å². The average Bonchev–Trinajstić information content (AvgIpc) is 2.74. The minimum Gasteiger partial charge on any atom is -0.497 e. The first-order chi connectivity index (χ1) is 14.7. The number of amides is 1. The van der Waals surface area contributed by atoms with Crippen LogP contribution in [0.2, 0.25) is 10.0 Å². The zero-order valence-corrected chi connectivity index (χ0v) is 19.0. The first kappa shape index (κ1) is 24.2. The lowest BCUT2D eigenvalue weighted by atomic mass is 10.2. The summed E-state index contributed by atoms with van der Waals surface area (Å²) in [5.41, 5.74) is 0.373. The summed E-state index contributed by atoms with van der Waals surface area (Å²) >= 11 is 12.3. The van der Waals surface area contributed by atoms with E-state index in [1.807, 2.05) is 0 Å². The van der Waals surface area contributed by atoms with Crippen LogP contribution in [0.1, 0.15) is 6.92 Å². The number of nitrogens with zero attached hydrogens (tertiary/aromatic N) is 2. The highest BCUT2D eigenvalue weighted by molar-refractivity contribution is 6.34. The number of halogens is 2.